The maximum atomic E-state index is 5.84. The van der Waals surface area contributed by atoms with Gasteiger partial charge in [0.15, 0.2) is 12.6 Å². The number of epoxide rings is 2. The molecular weight excluding hydrogens is 396 g/mol. The van der Waals surface area contributed by atoms with Gasteiger partial charge in [-0.3, -0.25) is 0 Å². The largest absolute Gasteiger partial charge is 0.465 e. The van der Waals surface area contributed by atoms with Crippen molar-refractivity contribution in [3.63, 3.8) is 0 Å². The fourth-order valence-corrected chi connectivity index (χ4v) is 3.33. The molecule has 0 saturated carbocycles. The van der Waals surface area contributed by atoms with E-state index < -0.39 is 0 Å². The van der Waals surface area contributed by atoms with Gasteiger partial charge < -0.3 is 28.4 Å². The highest BCUT2D eigenvalue weighted by atomic mass is 16.7. The lowest BCUT2D eigenvalue weighted by Gasteiger charge is -2.27. The van der Waals surface area contributed by atoms with Gasteiger partial charge in [-0.25, -0.2) is 0 Å². The summed E-state index contributed by atoms with van der Waals surface area (Å²) in [5.41, 5.74) is 2.25. The summed E-state index contributed by atoms with van der Waals surface area (Å²) in [6.07, 6.45) is -0.143. The van der Waals surface area contributed by atoms with Gasteiger partial charge in [0.25, 0.3) is 0 Å². The van der Waals surface area contributed by atoms with Crippen molar-refractivity contribution in [1.82, 2.24) is 0 Å². The molecule has 0 aromatic heterocycles. The summed E-state index contributed by atoms with van der Waals surface area (Å²) in [7, 11) is 0. The van der Waals surface area contributed by atoms with E-state index in [2.05, 4.69) is 38.1 Å². The summed E-state index contributed by atoms with van der Waals surface area (Å²) < 4.78 is 33.3. The third kappa shape index (κ3) is 6.43. The van der Waals surface area contributed by atoms with Gasteiger partial charge in [0, 0.05) is 5.41 Å². The van der Waals surface area contributed by atoms with Crippen LogP contribution in [0.4, 0.5) is 0 Å². The molecule has 4 unspecified atom stereocenters. The van der Waals surface area contributed by atoms with Crippen molar-refractivity contribution in [3.8, 4) is 11.5 Å². The maximum Gasteiger partial charge on any atom is 0.197 e. The number of hydrogen-bond donors (Lipinski definition) is 0. The van der Waals surface area contributed by atoms with E-state index in [9.17, 15) is 0 Å². The average molecular weight is 429 g/mol. The van der Waals surface area contributed by atoms with Crippen LogP contribution in [0.25, 0.3) is 0 Å². The molecule has 2 saturated heterocycles. The van der Waals surface area contributed by atoms with Gasteiger partial charge in [-0.05, 0) is 49.2 Å². The van der Waals surface area contributed by atoms with Crippen LogP contribution in [0, 0.1) is 0 Å². The van der Waals surface area contributed by atoms with E-state index >= 15 is 0 Å². The molecule has 2 aromatic rings. The first-order valence-corrected chi connectivity index (χ1v) is 10.9. The van der Waals surface area contributed by atoms with E-state index in [4.69, 9.17) is 28.4 Å². The van der Waals surface area contributed by atoms with Crippen LogP contribution in [0.1, 0.15) is 38.8 Å². The van der Waals surface area contributed by atoms with Crippen molar-refractivity contribution in [2.45, 2.75) is 57.9 Å². The molecule has 2 aromatic carbocycles. The van der Waals surface area contributed by atoms with E-state index in [1.807, 2.05) is 38.1 Å². The van der Waals surface area contributed by atoms with E-state index in [1.54, 1.807) is 0 Å². The van der Waals surface area contributed by atoms with Crippen molar-refractivity contribution in [1.29, 1.82) is 0 Å². The van der Waals surface area contributed by atoms with Crippen molar-refractivity contribution in [2.24, 2.45) is 0 Å². The summed E-state index contributed by atoms with van der Waals surface area (Å²) in [5.74, 6) is 1.58. The summed E-state index contributed by atoms with van der Waals surface area (Å²) in [6.45, 7) is 10.9. The van der Waals surface area contributed by atoms with Gasteiger partial charge >= 0.3 is 0 Å². The Balaban J connectivity index is 1.32. The normalized spacial score (nSPS) is 21.9. The van der Waals surface area contributed by atoms with Gasteiger partial charge in [-0.2, -0.15) is 0 Å². The predicted octanol–water partition coefficient (Wildman–Crippen LogP) is 4.29. The number of rotatable bonds is 12. The van der Waals surface area contributed by atoms with Crippen LogP contribution < -0.4 is 9.47 Å². The van der Waals surface area contributed by atoms with E-state index in [0.29, 0.717) is 13.2 Å². The highest BCUT2D eigenvalue weighted by Gasteiger charge is 2.26. The molecule has 2 fully saturated rings. The molecule has 0 aliphatic carbocycles. The zero-order valence-corrected chi connectivity index (χ0v) is 18.7. The van der Waals surface area contributed by atoms with Crippen molar-refractivity contribution >= 4 is 0 Å². The van der Waals surface area contributed by atoms with Crippen molar-refractivity contribution in [2.75, 3.05) is 26.4 Å². The molecule has 6 heteroatoms. The summed E-state index contributed by atoms with van der Waals surface area (Å²) in [5, 5.41) is 0. The van der Waals surface area contributed by atoms with E-state index in [0.717, 1.165) is 24.7 Å². The van der Waals surface area contributed by atoms with Gasteiger partial charge in [0.2, 0.25) is 0 Å². The molecular formula is C25H32O6. The first-order valence-electron chi connectivity index (χ1n) is 10.9. The van der Waals surface area contributed by atoms with Crippen molar-refractivity contribution < 1.29 is 28.4 Å². The Morgan fingerprint density at radius 1 is 0.742 bits per heavy atom. The Hall–Kier alpha value is -2.12. The van der Waals surface area contributed by atoms with Gasteiger partial charge in [-0.15, -0.1) is 0 Å². The molecule has 168 valence electrons. The lowest BCUT2D eigenvalue weighted by atomic mass is 9.78. The SMILES string of the molecule is CC(OCC1CO1)Oc1ccc(C(C)(C)c2ccc(OC(C)OCC3CO3)cc2)cc1. The molecule has 2 heterocycles. The zero-order chi connectivity index (χ0) is 21.8. The van der Waals surface area contributed by atoms with E-state index in [1.165, 1.54) is 11.1 Å². The van der Waals surface area contributed by atoms with Gasteiger partial charge in [0.05, 0.1) is 26.4 Å². The Bertz CT molecular complexity index is 755. The van der Waals surface area contributed by atoms with Crippen LogP contribution in [0.3, 0.4) is 0 Å². The molecule has 0 spiro atoms. The first kappa shape index (κ1) is 22.1. The second kappa shape index (κ2) is 9.57. The fourth-order valence-electron chi connectivity index (χ4n) is 3.33. The Kier molecular flexibility index (Phi) is 6.82. The summed E-state index contributed by atoms with van der Waals surface area (Å²) >= 11 is 0. The molecule has 0 amide bonds. The van der Waals surface area contributed by atoms with Crippen LogP contribution in [-0.4, -0.2) is 51.2 Å². The Morgan fingerprint density at radius 2 is 1.10 bits per heavy atom. The first-order chi connectivity index (χ1) is 14.9. The van der Waals surface area contributed by atoms with Crippen LogP contribution in [0.2, 0.25) is 0 Å². The number of benzene rings is 2. The Labute approximate surface area is 184 Å². The molecule has 4 atom stereocenters. The van der Waals surface area contributed by atoms with E-state index in [-0.39, 0.29) is 30.2 Å². The number of hydrogen-bond acceptors (Lipinski definition) is 6. The maximum absolute atomic E-state index is 5.84. The lowest BCUT2D eigenvalue weighted by molar-refractivity contribution is -0.0711. The molecule has 6 nitrogen and oxygen atoms in total. The second-order valence-corrected chi connectivity index (χ2v) is 8.62. The quantitative estimate of drug-likeness (QED) is 0.371. The fraction of sp³-hybridized carbons (Fsp3) is 0.520. The number of ether oxygens (including phenoxy) is 6. The second-order valence-electron chi connectivity index (χ2n) is 8.62. The minimum atomic E-state index is -0.307. The predicted molar refractivity (Wildman–Crippen MR) is 117 cm³/mol. The molecule has 4 rings (SSSR count). The lowest BCUT2D eigenvalue weighted by Crippen LogP contribution is -2.21. The Morgan fingerprint density at radius 3 is 1.42 bits per heavy atom. The third-order valence-electron chi connectivity index (χ3n) is 5.59. The average Bonchev–Trinajstić information content (AvgIpc) is 3.67. The minimum Gasteiger partial charge on any atom is -0.465 e. The van der Waals surface area contributed by atoms with Crippen LogP contribution in [0.5, 0.6) is 11.5 Å². The highest BCUT2D eigenvalue weighted by molar-refractivity contribution is 5.41. The molecule has 0 radical (unpaired) electrons. The van der Waals surface area contributed by atoms with Crippen LogP contribution in [-0.2, 0) is 24.4 Å². The van der Waals surface area contributed by atoms with Gasteiger partial charge in [-0.1, -0.05) is 38.1 Å². The molecule has 0 N–H and O–H groups in total. The molecule has 31 heavy (non-hydrogen) atoms. The smallest absolute Gasteiger partial charge is 0.197 e. The molecule has 0 bridgehead atoms. The minimum absolute atomic E-state index is 0.159. The summed E-state index contributed by atoms with van der Waals surface area (Å²) in [6, 6.07) is 16.4. The monoisotopic (exact) mass is 428 g/mol. The van der Waals surface area contributed by atoms with Crippen molar-refractivity contribution in [3.05, 3.63) is 59.7 Å². The molecule has 2 aliphatic heterocycles. The third-order valence-corrected chi connectivity index (χ3v) is 5.59. The van der Waals surface area contributed by atoms with Gasteiger partial charge in [0.1, 0.15) is 23.7 Å². The highest BCUT2D eigenvalue weighted by Crippen LogP contribution is 2.33. The standard InChI is InChI=1S/C25H32O6/c1-17(26-13-23-15-28-23)30-21-9-5-19(6-10-21)25(3,4)20-7-11-22(12-8-20)31-18(2)27-14-24-16-29-24/h5-12,17-18,23-24H,13-16H2,1-4H3. The topological polar surface area (TPSA) is 62.0 Å². The summed E-state index contributed by atoms with van der Waals surface area (Å²) in [4.78, 5) is 0. The molecule has 2 aliphatic rings. The van der Waals surface area contributed by atoms with Crippen LogP contribution in [0.15, 0.2) is 48.5 Å². The van der Waals surface area contributed by atoms with Crippen LogP contribution >= 0.6 is 0 Å². The zero-order valence-electron chi connectivity index (χ0n) is 18.7.